The first-order valence-electron chi connectivity index (χ1n) is 3.50. The third-order valence-corrected chi connectivity index (χ3v) is 2.99. The lowest BCUT2D eigenvalue weighted by Gasteiger charge is -2.09. The summed E-state index contributed by atoms with van der Waals surface area (Å²) in [6, 6.07) is 2.52. The molecule has 0 aromatic heterocycles. The van der Waals surface area contributed by atoms with Crippen molar-refractivity contribution in [1.29, 1.82) is 0 Å². The van der Waals surface area contributed by atoms with Gasteiger partial charge in [0.15, 0.2) is 0 Å². The van der Waals surface area contributed by atoms with Gasteiger partial charge < -0.3 is 0 Å². The van der Waals surface area contributed by atoms with Crippen molar-refractivity contribution in [3.63, 3.8) is 0 Å². The molecule has 0 saturated carbocycles. The zero-order valence-corrected chi connectivity index (χ0v) is 9.93. The molecule has 15 heavy (non-hydrogen) atoms. The Bertz CT molecular complexity index is 417. The van der Waals surface area contributed by atoms with Crippen molar-refractivity contribution in [2.45, 2.75) is 6.18 Å². The number of carbonyl (C=O) groups excluding carboxylic acids is 1. The molecule has 0 fully saturated rings. The van der Waals surface area contributed by atoms with E-state index < -0.39 is 22.5 Å². The molecule has 0 aliphatic rings. The van der Waals surface area contributed by atoms with Gasteiger partial charge in [-0.2, -0.15) is 13.2 Å². The van der Waals surface area contributed by atoms with E-state index in [-0.39, 0.29) is 9.50 Å². The van der Waals surface area contributed by atoms with Crippen molar-refractivity contribution < 1.29 is 18.0 Å². The zero-order valence-electron chi connectivity index (χ0n) is 6.83. The van der Waals surface area contributed by atoms with Gasteiger partial charge in [-0.3, -0.25) is 4.79 Å². The first kappa shape index (κ1) is 12.8. The molecule has 1 rings (SSSR count). The van der Waals surface area contributed by atoms with Crippen LogP contribution in [-0.2, 0) is 0 Å². The van der Waals surface area contributed by atoms with E-state index in [1.54, 1.807) is 0 Å². The van der Waals surface area contributed by atoms with Crippen LogP contribution in [0.2, 0.25) is 10.0 Å². The van der Waals surface area contributed by atoms with Crippen LogP contribution in [0.15, 0.2) is 16.6 Å². The van der Waals surface area contributed by atoms with Gasteiger partial charge in [0.05, 0.1) is 15.6 Å². The van der Waals surface area contributed by atoms with Crippen LogP contribution in [0.25, 0.3) is 0 Å². The Hall–Kier alpha value is -0.260. The second kappa shape index (κ2) is 4.31. The Morgan fingerprint density at radius 3 is 2.27 bits per heavy atom. The number of benzene rings is 1. The summed E-state index contributed by atoms with van der Waals surface area (Å²) in [5, 5.41) is -0.513. The van der Waals surface area contributed by atoms with Crippen LogP contribution in [0.1, 0.15) is 10.4 Å². The second-order valence-corrected chi connectivity index (χ2v) is 4.18. The lowest BCUT2D eigenvalue weighted by atomic mass is 10.1. The van der Waals surface area contributed by atoms with Crippen molar-refractivity contribution in [3.05, 3.63) is 32.2 Å². The Morgan fingerprint density at radius 1 is 1.27 bits per heavy atom. The van der Waals surface area contributed by atoms with Crippen molar-refractivity contribution in [1.82, 2.24) is 0 Å². The number of alkyl halides is 3. The van der Waals surface area contributed by atoms with E-state index in [0.717, 1.165) is 0 Å². The zero-order chi connectivity index (χ0) is 11.8. The minimum absolute atomic E-state index is 0.0424. The quantitative estimate of drug-likeness (QED) is 0.550. The Labute approximate surface area is 101 Å². The SMILES string of the molecule is O=C(c1c(Br)ccc(Cl)c1Cl)C(F)(F)F. The third-order valence-electron chi connectivity index (χ3n) is 1.53. The average Bonchev–Trinajstić information content (AvgIpc) is 2.10. The average molecular weight is 322 g/mol. The standard InChI is InChI=1S/C8H2BrCl2F3O/c9-3-1-2-4(10)6(11)5(3)7(15)8(12,13)14/h1-2H. The highest BCUT2D eigenvalue weighted by Gasteiger charge is 2.41. The number of rotatable bonds is 1. The normalized spacial score (nSPS) is 11.6. The first-order chi connectivity index (χ1) is 6.75. The molecule has 0 atom stereocenters. The largest absolute Gasteiger partial charge is 0.454 e. The second-order valence-electron chi connectivity index (χ2n) is 2.55. The summed E-state index contributed by atoms with van der Waals surface area (Å²) in [4.78, 5) is 11.0. The van der Waals surface area contributed by atoms with Crippen LogP contribution < -0.4 is 0 Å². The minimum atomic E-state index is -4.98. The molecular weight excluding hydrogens is 320 g/mol. The molecular formula is C8H2BrCl2F3O. The fraction of sp³-hybridized carbons (Fsp3) is 0.125. The molecule has 0 heterocycles. The Morgan fingerprint density at radius 2 is 1.80 bits per heavy atom. The highest BCUT2D eigenvalue weighted by Crippen LogP contribution is 2.35. The molecule has 7 heteroatoms. The number of hydrogen-bond donors (Lipinski definition) is 0. The van der Waals surface area contributed by atoms with Crippen LogP contribution in [0.3, 0.4) is 0 Å². The van der Waals surface area contributed by atoms with E-state index in [2.05, 4.69) is 15.9 Å². The van der Waals surface area contributed by atoms with Gasteiger partial charge in [-0.1, -0.05) is 23.2 Å². The summed E-state index contributed by atoms with van der Waals surface area (Å²) in [6.45, 7) is 0. The summed E-state index contributed by atoms with van der Waals surface area (Å²) in [7, 11) is 0. The van der Waals surface area contributed by atoms with Crippen LogP contribution >= 0.6 is 39.1 Å². The van der Waals surface area contributed by atoms with E-state index in [1.165, 1.54) is 12.1 Å². The Balaban J connectivity index is 3.38. The Kier molecular flexibility index (Phi) is 3.68. The van der Waals surface area contributed by atoms with Gasteiger partial charge >= 0.3 is 6.18 Å². The summed E-state index contributed by atoms with van der Waals surface area (Å²) >= 11 is 13.8. The van der Waals surface area contributed by atoms with Gasteiger partial charge in [-0.25, -0.2) is 0 Å². The number of Topliss-reactive ketones (excluding diaryl/α,β-unsaturated/α-hetero) is 1. The van der Waals surface area contributed by atoms with Crippen molar-refractivity contribution in [2.24, 2.45) is 0 Å². The van der Waals surface area contributed by atoms with Crippen molar-refractivity contribution in [2.75, 3.05) is 0 Å². The van der Waals surface area contributed by atoms with Gasteiger partial charge in [0.1, 0.15) is 0 Å². The minimum Gasteiger partial charge on any atom is -0.284 e. The first-order valence-corrected chi connectivity index (χ1v) is 5.05. The van der Waals surface area contributed by atoms with Crippen molar-refractivity contribution in [3.8, 4) is 0 Å². The predicted octanol–water partition coefficient (Wildman–Crippen LogP) is 4.50. The molecule has 1 nitrogen and oxygen atoms in total. The maximum absolute atomic E-state index is 12.2. The van der Waals surface area contributed by atoms with Crippen LogP contribution in [0.5, 0.6) is 0 Å². The number of carbonyl (C=O) groups is 1. The summed E-state index contributed by atoms with van der Waals surface area (Å²) in [5.74, 6) is -2.03. The van der Waals surface area contributed by atoms with E-state index in [0.29, 0.717) is 0 Å². The molecule has 1 aromatic carbocycles. The summed E-state index contributed by atoms with van der Waals surface area (Å²) in [5.41, 5.74) is -0.670. The maximum atomic E-state index is 12.2. The fourth-order valence-electron chi connectivity index (χ4n) is 0.877. The maximum Gasteiger partial charge on any atom is 0.454 e. The van der Waals surface area contributed by atoms with E-state index in [4.69, 9.17) is 23.2 Å². The van der Waals surface area contributed by atoms with Gasteiger partial charge in [0.2, 0.25) is 0 Å². The van der Waals surface area contributed by atoms with E-state index >= 15 is 0 Å². The molecule has 0 N–H and O–H groups in total. The molecule has 0 unspecified atom stereocenters. The van der Waals surface area contributed by atoms with Gasteiger partial charge in [-0.05, 0) is 28.1 Å². The number of ketones is 1. The highest BCUT2D eigenvalue weighted by molar-refractivity contribution is 9.10. The van der Waals surface area contributed by atoms with Crippen LogP contribution in [-0.4, -0.2) is 12.0 Å². The summed E-state index contributed by atoms with van der Waals surface area (Å²) < 4.78 is 36.4. The molecule has 0 spiro atoms. The van der Waals surface area contributed by atoms with Gasteiger partial charge in [-0.15, -0.1) is 0 Å². The monoisotopic (exact) mass is 320 g/mol. The highest BCUT2D eigenvalue weighted by atomic mass is 79.9. The molecule has 1 aromatic rings. The third kappa shape index (κ3) is 2.65. The molecule has 0 radical (unpaired) electrons. The smallest absolute Gasteiger partial charge is 0.284 e. The lowest BCUT2D eigenvalue weighted by Crippen LogP contribution is -2.23. The molecule has 0 saturated heterocycles. The number of hydrogen-bond acceptors (Lipinski definition) is 1. The lowest BCUT2D eigenvalue weighted by molar-refractivity contribution is -0.0885. The molecule has 0 bridgehead atoms. The van der Waals surface area contributed by atoms with Gasteiger partial charge in [0, 0.05) is 4.47 Å². The topological polar surface area (TPSA) is 17.1 Å². The molecule has 82 valence electrons. The molecule has 0 amide bonds. The predicted molar refractivity (Wildman–Crippen MR) is 54.5 cm³/mol. The van der Waals surface area contributed by atoms with Crippen molar-refractivity contribution >= 4 is 44.9 Å². The van der Waals surface area contributed by atoms with Crippen LogP contribution in [0.4, 0.5) is 13.2 Å². The summed E-state index contributed by atoms with van der Waals surface area (Å²) in [6.07, 6.45) is -4.98. The van der Waals surface area contributed by atoms with E-state index in [9.17, 15) is 18.0 Å². The number of halogens is 6. The van der Waals surface area contributed by atoms with E-state index in [1.807, 2.05) is 0 Å². The van der Waals surface area contributed by atoms with Gasteiger partial charge in [0.25, 0.3) is 5.78 Å². The molecule has 0 aliphatic heterocycles. The van der Waals surface area contributed by atoms with Crippen LogP contribution in [0, 0.1) is 0 Å². The molecule has 0 aliphatic carbocycles. The fourth-order valence-corrected chi connectivity index (χ4v) is 1.91.